The Hall–Kier alpha value is -1.61. The zero-order chi connectivity index (χ0) is 15.4. The molecule has 2 aromatic rings. The number of aromatic nitrogens is 2. The number of aryl methyl sites for hydroxylation is 2. The highest BCUT2D eigenvalue weighted by Gasteiger charge is 2.14. The first-order valence-electron chi connectivity index (χ1n) is 7.85. The maximum absolute atomic E-state index is 4.68. The zero-order valence-electron chi connectivity index (χ0n) is 13.9. The fourth-order valence-electron chi connectivity index (χ4n) is 2.75. The molecule has 3 nitrogen and oxygen atoms in total. The Labute approximate surface area is 128 Å². The molecule has 0 amide bonds. The highest BCUT2D eigenvalue weighted by molar-refractivity contribution is 5.31. The van der Waals surface area contributed by atoms with E-state index >= 15 is 0 Å². The average molecular weight is 285 g/mol. The third-order valence-corrected chi connectivity index (χ3v) is 3.70. The molecular weight excluding hydrogens is 258 g/mol. The molecule has 0 saturated carbocycles. The lowest BCUT2D eigenvalue weighted by Gasteiger charge is -2.19. The van der Waals surface area contributed by atoms with Gasteiger partial charge in [-0.3, -0.25) is 4.68 Å². The predicted octanol–water partition coefficient (Wildman–Crippen LogP) is 3.97. The molecule has 0 aliphatic carbocycles. The number of hydrogen-bond acceptors (Lipinski definition) is 2. The van der Waals surface area contributed by atoms with Crippen LogP contribution in [0.5, 0.6) is 0 Å². The monoisotopic (exact) mass is 285 g/mol. The molecule has 3 heteroatoms. The van der Waals surface area contributed by atoms with Crippen LogP contribution in [-0.4, -0.2) is 16.3 Å². The normalized spacial score (nSPS) is 12.9. The predicted molar refractivity (Wildman–Crippen MR) is 88.6 cm³/mol. The van der Waals surface area contributed by atoms with Crippen LogP contribution in [0.2, 0.25) is 0 Å². The third-order valence-electron chi connectivity index (χ3n) is 3.70. The molecule has 21 heavy (non-hydrogen) atoms. The van der Waals surface area contributed by atoms with Gasteiger partial charge in [-0.15, -0.1) is 0 Å². The van der Waals surface area contributed by atoms with Gasteiger partial charge in [-0.25, -0.2) is 0 Å². The second-order valence-electron chi connectivity index (χ2n) is 6.12. The van der Waals surface area contributed by atoms with E-state index < -0.39 is 0 Å². The van der Waals surface area contributed by atoms with E-state index in [2.05, 4.69) is 75.5 Å². The first kappa shape index (κ1) is 15.8. The van der Waals surface area contributed by atoms with E-state index in [1.54, 1.807) is 0 Å². The SMILES string of the molecule is CCNC(Cc1ccn(C(C)C)n1)c1cc(C)cc(C)c1. The van der Waals surface area contributed by atoms with Gasteiger partial charge in [0.25, 0.3) is 0 Å². The number of likely N-dealkylation sites (N-methyl/N-ethyl adjacent to an activating group) is 1. The summed E-state index contributed by atoms with van der Waals surface area (Å²) in [6.45, 7) is 11.7. The van der Waals surface area contributed by atoms with E-state index in [1.807, 2.05) is 4.68 Å². The van der Waals surface area contributed by atoms with Crippen LogP contribution < -0.4 is 5.32 Å². The highest BCUT2D eigenvalue weighted by Crippen LogP contribution is 2.21. The highest BCUT2D eigenvalue weighted by atomic mass is 15.3. The van der Waals surface area contributed by atoms with Crippen molar-refractivity contribution < 1.29 is 0 Å². The van der Waals surface area contributed by atoms with Gasteiger partial charge >= 0.3 is 0 Å². The Bertz CT molecular complexity index is 564. The molecule has 1 unspecified atom stereocenters. The standard InChI is InChI=1S/C18H27N3/c1-6-19-18(16-10-14(4)9-15(5)11-16)12-17-7-8-21(20-17)13(2)3/h7-11,13,18-19H,6,12H2,1-5H3. The molecule has 1 atom stereocenters. The molecule has 0 aliphatic rings. The van der Waals surface area contributed by atoms with Gasteiger partial charge in [0.15, 0.2) is 0 Å². The van der Waals surface area contributed by atoms with Gasteiger partial charge in [0, 0.05) is 24.7 Å². The maximum atomic E-state index is 4.68. The summed E-state index contributed by atoms with van der Waals surface area (Å²) in [5, 5.41) is 8.27. The minimum Gasteiger partial charge on any atom is -0.310 e. The molecule has 1 heterocycles. The lowest BCUT2D eigenvalue weighted by atomic mass is 9.98. The van der Waals surface area contributed by atoms with Crippen LogP contribution in [0.3, 0.4) is 0 Å². The van der Waals surface area contributed by atoms with E-state index in [0.29, 0.717) is 12.1 Å². The van der Waals surface area contributed by atoms with Crippen LogP contribution in [0.15, 0.2) is 30.5 Å². The molecule has 1 N–H and O–H groups in total. The second kappa shape index (κ2) is 6.90. The van der Waals surface area contributed by atoms with Crippen molar-refractivity contribution >= 4 is 0 Å². The molecule has 0 saturated heterocycles. The van der Waals surface area contributed by atoms with Gasteiger partial charge in [-0.05, 0) is 45.9 Å². The number of benzene rings is 1. The average Bonchev–Trinajstić information content (AvgIpc) is 2.86. The number of hydrogen-bond donors (Lipinski definition) is 1. The molecule has 0 radical (unpaired) electrons. The second-order valence-corrected chi connectivity index (χ2v) is 6.12. The summed E-state index contributed by atoms with van der Waals surface area (Å²) in [5.74, 6) is 0. The first-order valence-corrected chi connectivity index (χ1v) is 7.85. The quantitative estimate of drug-likeness (QED) is 0.870. The number of nitrogens with zero attached hydrogens (tertiary/aromatic N) is 2. The third kappa shape index (κ3) is 4.18. The number of nitrogens with one attached hydrogen (secondary N) is 1. The molecular formula is C18H27N3. The summed E-state index contributed by atoms with van der Waals surface area (Å²) in [5.41, 5.74) is 5.14. The fourth-order valence-corrected chi connectivity index (χ4v) is 2.75. The maximum Gasteiger partial charge on any atom is 0.0643 e. The van der Waals surface area contributed by atoms with Crippen LogP contribution in [0.1, 0.15) is 55.2 Å². The van der Waals surface area contributed by atoms with Crippen LogP contribution in [0.25, 0.3) is 0 Å². The molecule has 0 bridgehead atoms. The van der Waals surface area contributed by atoms with E-state index in [9.17, 15) is 0 Å². The van der Waals surface area contributed by atoms with Crippen LogP contribution in [0.4, 0.5) is 0 Å². The molecule has 0 fully saturated rings. The van der Waals surface area contributed by atoms with E-state index in [-0.39, 0.29) is 0 Å². The molecule has 1 aromatic carbocycles. The minimum atomic E-state index is 0.323. The summed E-state index contributed by atoms with van der Waals surface area (Å²) < 4.78 is 2.03. The van der Waals surface area contributed by atoms with Gasteiger partial charge in [0.2, 0.25) is 0 Å². The Morgan fingerprint density at radius 2 is 1.81 bits per heavy atom. The van der Waals surface area contributed by atoms with Gasteiger partial charge in [-0.1, -0.05) is 36.2 Å². The molecule has 2 rings (SSSR count). The fraction of sp³-hybridized carbons (Fsp3) is 0.500. The van der Waals surface area contributed by atoms with Crippen molar-refractivity contribution in [1.82, 2.24) is 15.1 Å². The van der Waals surface area contributed by atoms with E-state index in [0.717, 1.165) is 18.7 Å². The summed E-state index contributed by atoms with van der Waals surface area (Å²) in [4.78, 5) is 0. The van der Waals surface area contributed by atoms with Crippen molar-refractivity contribution in [1.29, 1.82) is 0 Å². The van der Waals surface area contributed by atoms with Crippen molar-refractivity contribution in [3.63, 3.8) is 0 Å². The first-order chi connectivity index (χ1) is 9.99. The van der Waals surface area contributed by atoms with E-state index in [1.165, 1.54) is 16.7 Å². The van der Waals surface area contributed by atoms with Crippen LogP contribution in [0, 0.1) is 13.8 Å². The van der Waals surface area contributed by atoms with Crippen LogP contribution in [-0.2, 0) is 6.42 Å². The lowest BCUT2D eigenvalue weighted by Crippen LogP contribution is -2.23. The summed E-state index contributed by atoms with van der Waals surface area (Å²) >= 11 is 0. The summed E-state index contributed by atoms with van der Waals surface area (Å²) in [7, 11) is 0. The van der Waals surface area contributed by atoms with Gasteiger partial charge < -0.3 is 5.32 Å². The van der Waals surface area contributed by atoms with Gasteiger partial charge in [0.1, 0.15) is 0 Å². The topological polar surface area (TPSA) is 29.9 Å². The van der Waals surface area contributed by atoms with Crippen LogP contribution >= 0.6 is 0 Å². The summed E-state index contributed by atoms with van der Waals surface area (Å²) in [6.07, 6.45) is 3.00. The van der Waals surface area contributed by atoms with Gasteiger partial charge in [0.05, 0.1) is 5.69 Å². The Balaban J connectivity index is 2.21. The van der Waals surface area contributed by atoms with Crippen molar-refractivity contribution in [3.8, 4) is 0 Å². The van der Waals surface area contributed by atoms with Gasteiger partial charge in [-0.2, -0.15) is 5.10 Å². The van der Waals surface area contributed by atoms with Crippen molar-refractivity contribution in [3.05, 3.63) is 52.8 Å². The number of rotatable bonds is 6. The van der Waals surface area contributed by atoms with Crippen molar-refractivity contribution in [2.24, 2.45) is 0 Å². The Morgan fingerprint density at radius 3 is 2.33 bits per heavy atom. The minimum absolute atomic E-state index is 0.323. The lowest BCUT2D eigenvalue weighted by molar-refractivity contribution is 0.506. The Kier molecular flexibility index (Phi) is 5.18. The van der Waals surface area contributed by atoms with E-state index in [4.69, 9.17) is 0 Å². The molecule has 0 aliphatic heterocycles. The smallest absolute Gasteiger partial charge is 0.0643 e. The summed E-state index contributed by atoms with van der Waals surface area (Å²) in [6, 6.07) is 9.65. The zero-order valence-corrected chi connectivity index (χ0v) is 13.9. The molecule has 114 valence electrons. The molecule has 1 aromatic heterocycles. The largest absolute Gasteiger partial charge is 0.310 e. The van der Waals surface area contributed by atoms with Crippen molar-refractivity contribution in [2.75, 3.05) is 6.54 Å². The van der Waals surface area contributed by atoms with Crippen molar-refractivity contribution in [2.45, 2.75) is 53.1 Å². The Morgan fingerprint density at radius 1 is 1.14 bits per heavy atom. The molecule has 0 spiro atoms.